The molecule has 1 N–H and O–H groups in total. The monoisotopic (exact) mass is 326 g/mol. The van der Waals surface area contributed by atoms with Gasteiger partial charge in [0.1, 0.15) is 0 Å². The van der Waals surface area contributed by atoms with E-state index in [4.69, 9.17) is 0 Å². The van der Waals surface area contributed by atoms with E-state index in [1.54, 1.807) is 10.4 Å². The molecule has 4 rings (SSSR count). The van der Waals surface area contributed by atoms with Crippen molar-refractivity contribution in [3.8, 4) is 0 Å². The quantitative estimate of drug-likeness (QED) is 0.897. The Morgan fingerprint density at radius 1 is 1.04 bits per heavy atom. The second-order valence-electron chi connectivity index (χ2n) is 7.95. The first-order valence-electron chi connectivity index (χ1n) is 8.67. The summed E-state index contributed by atoms with van der Waals surface area (Å²) in [6, 6.07) is 12.5. The van der Waals surface area contributed by atoms with Gasteiger partial charge in [0, 0.05) is 29.5 Å². The Hall–Kier alpha value is -1.16. The fraction of sp³-hybridized carbons (Fsp3) is 0.500. The molecular formula is C20H26N2S. The molecule has 1 aliphatic heterocycles. The molecule has 0 amide bonds. The number of fused-ring (bicyclic) bond motifs is 2. The van der Waals surface area contributed by atoms with E-state index in [1.807, 2.05) is 11.3 Å². The highest BCUT2D eigenvalue weighted by molar-refractivity contribution is 7.10. The van der Waals surface area contributed by atoms with Crippen molar-refractivity contribution in [3.05, 3.63) is 57.3 Å². The van der Waals surface area contributed by atoms with E-state index >= 15 is 0 Å². The van der Waals surface area contributed by atoms with Crippen molar-refractivity contribution in [2.24, 2.45) is 0 Å². The van der Waals surface area contributed by atoms with Crippen LogP contribution in [0.1, 0.15) is 48.4 Å². The number of benzene rings is 1. The van der Waals surface area contributed by atoms with Crippen LogP contribution < -0.4 is 5.32 Å². The highest BCUT2D eigenvalue weighted by atomic mass is 32.1. The molecule has 2 nitrogen and oxygen atoms in total. The molecule has 1 aromatic heterocycles. The average Bonchev–Trinajstić information content (AvgIpc) is 2.85. The standard InChI is InChI=1S/C20H26N2S/c1-20(2,3)21-15-12-22(13-15)19-16-7-5-4-6-14(16)8-9-18-17(19)10-11-23-18/h4-7,10-11,15,19,21H,8-9,12-13H2,1-3H3. The smallest absolute Gasteiger partial charge is 0.0616 e. The van der Waals surface area contributed by atoms with Gasteiger partial charge in [-0.15, -0.1) is 11.3 Å². The van der Waals surface area contributed by atoms with Gasteiger partial charge in [-0.2, -0.15) is 0 Å². The third-order valence-electron chi connectivity index (χ3n) is 4.96. The van der Waals surface area contributed by atoms with Crippen LogP contribution in [0.4, 0.5) is 0 Å². The summed E-state index contributed by atoms with van der Waals surface area (Å²) >= 11 is 1.93. The zero-order chi connectivity index (χ0) is 16.0. The van der Waals surface area contributed by atoms with Crippen molar-refractivity contribution in [1.29, 1.82) is 0 Å². The van der Waals surface area contributed by atoms with Crippen LogP contribution in [0, 0.1) is 0 Å². The molecule has 1 aromatic carbocycles. The van der Waals surface area contributed by atoms with Gasteiger partial charge in [0.25, 0.3) is 0 Å². The molecule has 2 heterocycles. The fourth-order valence-electron chi connectivity index (χ4n) is 4.06. The maximum Gasteiger partial charge on any atom is 0.0616 e. The second kappa shape index (κ2) is 5.73. The molecule has 1 atom stereocenters. The van der Waals surface area contributed by atoms with Gasteiger partial charge in [0.2, 0.25) is 0 Å². The largest absolute Gasteiger partial charge is 0.307 e. The van der Waals surface area contributed by atoms with Gasteiger partial charge < -0.3 is 5.32 Å². The Morgan fingerprint density at radius 2 is 1.83 bits per heavy atom. The van der Waals surface area contributed by atoms with Crippen LogP contribution in [0.3, 0.4) is 0 Å². The third-order valence-corrected chi connectivity index (χ3v) is 5.95. The Labute approximate surface area is 143 Å². The Balaban J connectivity index is 1.62. The highest BCUT2D eigenvalue weighted by Gasteiger charge is 2.38. The number of rotatable bonds is 2. The van der Waals surface area contributed by atoms with E-state index in [0.29, 0.717) is 12.1 Å². The zero-order valence-corrected chi connectivity index (χ0v) is 15.1. The highest BCUT2D eigenvalue weighted by Crippen LogP contribution is 2.40. The molecular weight excluding hydrogens is 300 g/mol. The van der Waals surface area contributed by atoms with E-state index in [0.717, 1.165) is 13.1 Å². The maximum atomic E-state index is 3.74. The van der Waals surface area contributed by atoms with Crippen LogP contribution in [0.5, 0.6) is 0 Å². The Kier molecular flexibility index (Phi) is 3.83. The summed E-state index contributed by atoms with van der Waals surface area (Å²) in [4.78, 5) is 4.23. The minimum atomic E-state index is 0.200. The summed E-state index contributed by atoms with van der Waals surface area (Å²) in [5, 5.41) is 6.02. The zero-order valence-electron chi connectivity index (χ0n) is 14.3. The van der Waals surface area contributed by atoms with E-state index in [9.17, 15) is 0 Å². The lowest BCUT2D eigenvalue weighted by atomic mass is 9.91. The topological polar surface area (TPSA) is 15.3 Å². The van der Waals surface area contributed by atoms with Crippen LogP contribution in [-0.4, -0.2) is 29.6 Å². The first-order chi connectivity index (χ1) is 11.0. The minimum Gasteiger partial charge on any atom is -0.307 e. The molecule has 23 heavy (non-hydrogen) atoms. The molecule has 3 heteroatoms. The fourth-order valence-corrected chi connectivity index (χ4v) is 4.98. The molecule has 122 valence electrons. The predicted octanol–water partition coefficient (Wildman–Crippen LogP) is 4.01. The lowest BCUT2D eigenvalue weighted by molar-refractivity contribution is 0.0782. The van der Waals surface area contributed by atoms with Gasteiger partial charge in [-0.3, -0.25) is 4.90 Å². The van der Waals surface area contributed by atoms with Gasteiger partial charge in [0.05, 0.1) is 6.04 Å². The number of hydrogen-bond donors (Lipinski definition) is 1. The van der Waals surface area contributed by atoms with Crippen LogP contribution in [0.25, 0.3) is 0 Å². The second-order valence-corrected chi connectivity index (χ2v) is 8.95. The number of likely N-dealkylation sites (tertiary alicyclic amines) is 1. The number of nitrogens with zero attached hydrogens (tertiary/aromatic N) is 1. The molecule has 0 spiro atoms. The molecule has 0 bridgehead atoms. The first kappa shape index (κ1) is 15.4. The number of hydrogen-bond acceptors (Lipinski definition) is 3. The molecule has 0 radical (unpaired) electrons. The lowest BCUT2D eigenvalue weighted by Gasteiger charge is -2.47. The Morgan fingerprint density at radius 3 is 2.61 bits per heavy atom. The first-order valence-corrected chi connectivity index (χ1v) is 9.55. The van der Waals surface area contributed by atoms with Crippen molar-refractivity contribution in [1.82, 2.24) is 10.2 Å². The van der Waals surface area contributed by atoms with Crippen molar-refractivity contribution in [2.75, 3.05) is 13.1 Å². The van der Waals surface area contributed by atoms with Crippen molar-refractivity contribution in [3.63, 3.8) is 0 Å². The Bertz CT molecular complexity index is 692. The molecule has 1 unspecified atom stereocenters. The van der Waals surface area contributed by atoms with Gasteiger partial charge in [0.15, 0.2) is 0 Å². The van der Waals surface area contributed by atoms with E-state index in [-0.39, 0.29) is 5.54 Å². The van der Waals surface area contributed by atoms with Gasteiger partial charge in [-0.1, -0.05) is 24.3 Å². The summed E-state index contributed by atoms with van der Waals surface area (Å²) in [6.07, 6.45) is 2.37. The average molecular weight is 327 g/mol. The van der Waals surface area contributed by atoms with Crippen LogP contribution in [-0.2, 0) is 12.8 Å². The molecule has 0 saturated carbocycles. The molecule has 2 aromatic rings. The number of nitrogens with one attached hydrogen (secondary N) is 1. The van der Waals surface area contributed by atoms with E-state index < -0.39 is 0 Å². The summed E-state index contributed by atoms with van der Waals surface area (Å²) in [6.45, 7) is 9.06. The molecule has 1 aliphatic carbocycles. The van der Waals surface area contributed by atoms with E-state index in [2.05, 4.69) is 66.7 Å². The van der Waals surface area contributed by atoms with Gasteiger partial charge >= 0.3 is 0 Å². The maximum absolute atomic E-state index is 3.74. The summed E-state index contributed by atoms with van der Waals surface area (Å²) in [5.41, 5.74) is 4.81. The van der Waals surface area contributed by atoms with E-state index in [1.165, 1.54) is 24.0 Å². The summed E-state index contributed by atoms with van der Waals surface area (Å²) in [5.74, 6) is 0. The molecule has 1 saturated heterocycles. The minimum absolute atomic E-state index is 0.200. The molecule has 2 aliphatic rings. The normalized spacial score (nSPS) is 22.1. The molecule has 1 fully saturated rings. The van der Waals surface area contributed by atoms with Crippen molar-refractivity contribution in [2.45, 2.75) is 51.2 Å². The number of aryl methyl sites for hydroxylation is 2. The SMILES string of the molecule is CC(C)(C)NC1CN(C2c3ccccc3CCc3sccc32)C1. The summed E-state index contributed by atoms with van der Waals surface area (Å²) < 4.78 is 0. The third kappa shape index (κ3) is 2.98. The van der Waals surface area contributed by atoms with Gasteiger partial charge in [-0.25, -0.2) is 0 Å². The van der Waals surface area contributed by atoms with Crippen molar-refractivity contribution >= 4 is 11.3 Å². The van der Waals surface area contributed by atoms with Crippen LogP contribution >= 0.6 is 11.3 Å². The van der Waals surface area contributed by atoms with Crippen LogP contribution in [0.2, 0.25) is 0 Å². The van der Waals surface area contributed by atoms with Crippen LogP contribution in [0.15, 0.2) is 35.7 Å². The predicted molar refractivity (Wildman–Crippen MR) is 98.3 cm³/mol. The lowest BCUT2D eigenvalue weighted by Crippen LogP contribution is -2.62. The number of thiophene rings is 1. The van der Waals surface area contributed by atoms with Gasteiger partial charge in [-0.05, 0) is 61.7 Å². The summed E-state index contributed by atoms with van der Waals surface area (Å²) in [7, 11) is 0. The van der Waals surface area contributed by atoms with Crippen molar-refractivity contribution < 1.29 is 0 Å².